The van der Waals surface area contributed by atoms with Gasteiger partial charge in [0, 0.05) is 62.5 Å². The van der Waals surface area contributed by atoms with Crippen molar-refractivity contribution in [1.29, 1.82) is 0 Å². The van der Waals surface area contributed by atoms with Crippen molar-refractivity contribution in [3.63, 3.8) is 0 Å². The van der Waals surface area contributed by atoms with Gasteiger partial charge in [-0.15, -0.1) is 0 Å². The molecule has 0 amide bonds. The van der Waals surface area contributed by atoms with Gasteiger partial charge in [0.05, 0.1) is 12.8 Å². The maximum absolute atomic E-state index is 13.1. The van der Waals surface area contributed by atoms with Gasteiger partial charge in [-0.25, -0.2) is 9.71 Å². The summed E-state index contributed by atoms with van der Waals surface area (Å²) in [6.07, 6.45) is 4.71. The van der Waals surface area contributed by atoms with Crippen molar-refractivity contribution in [2.24, 2.45) is 0 Å². The molecule has 208 valence electrons. The second kappa shape index (κ2) is 13.1. The van der Waals surface area contributed by atoms with E-state index in [0.717, 1.165) is 46.2 Å². The minimum absolute atomic E-state index is 0.266. The van der Waals surface area contributed by atoms with Crippen LogP contribution in [0.5, 0.6) is 5.75 Å². The lowest BCUT2D eigenvalue weighted by atomic mass is 10.1. The van der Waals surface area contributed by atoms with Gasteiger partial charge in [0.2, 0.25) is 0 Å². The molecule has 1 fully saturated rings. The van der Waals surface area contributed by atoms with Gasteiger partial charge in [0.15, 0.2) is 0 Å². The molecule has 3 aromatic carbocycles. The molecule has 9 heteroatoms. The van der Waals surface area contributed by atoms with Crippen LogP contribution in [0.15, 0.2) is 91.0 Å². The summed E-state index contributed by atoms with van der Waals surface area (Å²) >= 11 is 0. The van der Waals surface area contributed by atoms with Crippen LogP contribution >= 0.6 is 0 Å². The Kier molecular flexibility index (Phi) is 9.08. The average molecular weight is 558 g/mol. The van der Waals surface area contributed by atoms with E-state index in [1.165, 1.54) is 4.31 Å². The summed E-state index contributed by atoms with van der Waals surface area (Å²) in [5.41, 5.74) is 4.76. The van der Waals surface area contributed by atoms with Crippen LogP contribution in [0.2, 0.25) is 0 Å². The number of hydrogen-bond acceptors (Lipinski definition) is 5. The van der Waals surface area contributed by atoms with Crippen LogP contribution in [0, 0.1) is 0 Å². The Morgan fingerprint density at radius 1 is 0.900 bits per heavy atom. The SMILES string of the molecule is COc1ccc(-c2nc(-c3ccccc3)[nH]c2CCNS(=O)(=O)N2CCN(CC=Cc3ccccc3)CC2)cc1. The van der Waals surface area contributed by atoms with E-state index >= 15 is 0 Å². The van der Waals surface area contributed by atoms with Crippen LogP contribution in [0.4, 0.5) is 0 Å². The van der Waals surface area contributed by atoms with Gasteiger partial charge in [-0.2, -0.15) is 12.7 Å². The number of ether oxygens (including phenoxy) is 1. The highest BCUT2D eigenvalue weighted by Crippen LogP contribution is 2.28. The second-order valence-corrected chi connectivity index (χ2v) is 11.4. The number of nitrogens with one attached hydrogen (secondary N) is 2. The molecule has 1 aliphatic heterocycles. The van der Waals surface area contributed by atoms with Gasteiger partial charge in [0.25, 0.3) is 10.2 Å². The van der Waals surface area contributed by atoms with E-state index < -0.39 is 10.2 Å². The minimum atomic E-state index is -3.58. The molecule has 0 atom stereocenters. The number of hydrogen-bond donors (Lipinski definition) is 2. The van der Waals surface area contributed by atoms with E-state index in [0.29, 0.717) is 32.6 Å². The quantitative estimate of drug-likeness (QED) is 0.284. The van der Waals surface area contributed by atoms with Crippen LogP contribution in [0.25, 0.3) is 28.7 Å². The molecule has 1 saturated heterocycles. The topological polar surface area (TPSA) is 90.6 Å². The molecule has 40 heavy (non-hydrogen) atoms. The number of H-pyrrole nitrogens is 1. The first kappa shape index (κ1) is 27.8. The first-order chi connectivity index (χ1) is 19.5. The predicted octanol–water partition coefficient (Wildman–Crippen LogP) is 4.46. The highest BCUT2D eigenvalue weighted by Gasteiger charge is 2.26. The summed E-state index contributed by atoms with van der Waals surface area (Å²) in [6, 6.07) is 27.8. The lowest BCUT2D eigenvalue weighted by molar-refractivity contribution is 0.203. The van der Waals surface area contributed by atoms with Crippen molar-refractivity contribution in [3.05, 3.63) is 102 Å². The Bertz CT molecular complexity index is 1500. The molecular weight excluding hydrogens is 522 g/mol. The molecule has 0 spiro atoms. The number of nitrogens with zero attached hydrogens (tertiary/aromatic N) is 3. The van der Waals surface area contributed by atoms with Gasteiger partial charge in [-0.05, 0) is 29.8 Å². The Hall–Kier alpha value is -3.76. The number of rotatable bonds is 11. The number of benzene rings is 3. The van der Waals surface area contributed by atoms with Crippen molar-refractivity contribution in [3.8, 4) is 28.4 Å². The lowest BCUT2D eigenvalue weighted by Gasteiger charge is -2.33. The zero-order chi connectivity index (χ0) is 27.8. The highest BCUT2D eigenvalue weighted by molar-refractivity contribution is 7.87. The van der Waals surface area contributed by atoms with Crippen LogP contribution in [0.1, 0.15) is 11.3 Å². The van der Waals surface area contributed by atoms with Gasteiger partial charge >= 0.3 is 0 Å². The van der Waals surface area contributed by atoms with Crippen molar-refractivity contribution in [2.75, 3.05) is 46.4 Å². The van der Waals surface area contributed by atoms with E-state index in [4.69, 9.17) is 9.72 Å². The van der Waals surface area contributed by atoms with E-state index in [9.17, 15) is 8.42 Å². The molecule has 1 aromatic heterocycles. The van der Waals surface area contributed by atoms with Gasteiger partial charge in [0.1, 0.15) is 11.6 Å². The number of aromatic amines is 1. The lowest BCUT2D eigenvalue weighted by Crippen LogP contribution is -2.52. The molecule has 4 aromatic rings. The van der Waals surface area contributed by atoms with E-state index in [1.807, 2.05) is 72.8 Å². The number of methoxy groups -OCH3 is 1. The Balaban J connectivity index is 1.19. The molecule has 2 N–H and O–H groups in total. The van der Waals surface area contributed by atoms with Crippen LogP contribution in [0.3, 0.4) is 0 Å². The molecule has 2 heterocycles. The van der Waals surface area contributed by atoms with Crippen LogP contribution in [-0.4, -0.2) is 74.0 Å². The summed E-state index contributed by atoms with van der Waals surface area (Å²) in [4.78, 5) is 10.6. The van der Waals surface area contributed by atoms with E-state index in [1.54, 1.807) is 7.11 Å². The average Bonchev–Trinajstić information content (AvgIpc) is 3.42. The van der Waals surface area contributed by atoms with Crippen molar-refractivity contribution >= 4 is 16.3 Å². The monoisotopic (exact) mass is 557 g/mol. The highest BCUT2D eigenvalue weighted by atomic mass is 32.2. The summed E-state index contributed by atoms with van der Waals surface area (Å²) < 4.78 is 35.8. The molecule has 0 bridgehead atoms. The molecule has 8 nitrogen and oxygen atoms in total. The fourth-order valence-electron chi connectivity index (χ4n) is 4.76. The first-order valence-electron chi connectivity index (χ1n) is 13.5. The first-order valence-corrected chi connectivity index (χ1v) is 14.9. The fraction of sp³-hybridized carbons (Fsp3) is 0.258. The Morgan fingerprint density at radius 2 is 1.57 bits per heavy atom. The molecule has 0 radical (unpaired) electrons. The molecule has 5 rings (SSSR count). The number of aromatic nitrogens is 2. The predicted molar refractivity (Wildman–Crippen MR) is 160 cm³/mol. The largest absolute Gasteiger partial charge is 0.497 e. The van der Waals surface area contributed by atoms with Crippen LogP contribution < -0.4 is 9.46 Å². The minimum Gasteiger partial charge on any atom is -0.497 e. The summed E-state index contributed by atoms with van der Waals surface area (Å²) in [5.74, 6) is 1.52. The third-order valence-corrected chi connectivity index (χ3v) is 8.61. The molecule has 0 saturated carbocycles. The third-order valence-electron chi connectivity index (χ3n) is 6.99. The zero-order valence-electron chi connectivity index (χ0n) is 22.7. The van der Waals surface area contributed by atoms with Crippen molar-refractivity contribution in [1.82, 2.24) is 23.9 Å². The van der Waals surface area contributed by atoms with Gasteiger partial charge in [-0.1, -0.05) is 72.8 Å². The smallest absolute Gasteiger partial charge is 0.279 e. The molecule has 1 aliphatic rings. The summed E-state index contributed by atoms with van der Waals surface area (Å²) in [6.45, 7) is 3.39. The van der Waals surface area contributed by atoms with Crippen molar-refractivity contribution in [2.45, 2.75) is 6.42 Å². The second-order valence-electron chi connectivity index (χ2n) is 9.67. The number of piperazine rings is 1. The van der Waals surface area contributed by atoms with Crippen LogP contribution in [-0.2, 0) is 16.6 Å². The van der Waals surface area contributed by atoms with E-state index in [-0.39, 0.29) is 6.54 Å². The zero-order valence-corrected chi connectivity index (χ0v) is 23.5. The third kappa shape index (κ3) is 7.05. The molecule has 0 aliphatic carbocycles. The Labute approximate surface area is 236 Å². The summed E-state index contributed by atoms with van der Waals surface area (Å²) in [7, 11) is -1.95. The normalized spacial score (nSPS) is 15.0. The fourth-order valence-corrected chi connectivity index (χ4v) is 5.95. The maximum Gasteiger partial charge on any atom is 0.279 e. The molecular formula is C31H35N5O3S. The standard InChI is InChI=1S/C31H35N5O3S/c1-39-28-16-14-26(15-17-28)30-29(33-31(34-30)27-12-6-3-7-13-27)18-19-32-40(37,38)36-23-21-35(22-24-36)20-8-11-25-9-4-2-5-10-25/h2-17,32H,18-24H2,1H3,(H,33,34). The molecule has 0 unspecified atom stereocenters. The van der Waals surface area contributed by atoms with Gasteiger partial charge < -0.3 is 9.72 Å². The Morgan fingerprint density at radius 3 is 2.25 bits per heavy atom. The van der Waals surface area contributed by atoms with Crippen molar-refractivity contribution < 1.29 is 13.2 Å². The van der Waals surface area contributed by atoms with E-state index in [2.05, 4.69) is 38.9 Å². The summed E-state index contributed by atoms with van der Waals surface area (Å²) in [5, 5.41) is 0. The maximum atomic E-state index is 13.1. The number of imidazole rings is 1. The van der Waals surface area contributed by atoms with Gasteiger partial charge in [-0.3, -0.25) is 4.90 Å².